The SMILES string of the molecule is C1=CN=CCSC=C1. The van der Waals surface area contributed by atoms with Crippen molar-refractivity contribution in [3.05, 3.63) is 23.8 Å². The van der Waals surface area contributed by atoms with E-state index in [1.807, 2.05) is 18.4 Å². The summed E-state index contributed by atoms with van der Waals surface area (Å²) >= 11 is 1.75. The molecule has 42 valence electrons. The molecule has 1 heterocycles. The lowest BCUT2D eigenvalue weighted by atomic mass is 10.6. The highest BCUT2D eigenvalue weighted by molar-refractivity contribution is 8.02. The zero-order valence-electron chi connectivity index (χ0n) is 4.45. The van der Waals surface area contributed by atoms with Crippen LogP contribution in [0.15, 0.2) is 28.8 Å². The number of hydrogen-bond acceptors (Lipinski definition) is 2. The molecule has 8 heavy (non-hydrogen) atoms. The summed E-state index contributed by atoms with van der Waals surface area (Å²) in [5.41, 5.74) is 0. The van der Waals surface area contributed by atoms with Crippen LogP contribution in [-0.4, -0.2) is 12.0 Å². The Bertz CT molecular complexity index is 119. The van der Waals surface area contributed by atoms with Crippen LogP contribution >= 0.6 is 11.8 Å². The lowest BCUT2D eigenvalue weighted by Gasteiger charge is -1.86. The molecule has 0 aromatic rings. The van der Waals surface area contributed by atoms with E-state index in [-0.39, 0.29) is 0 Å². The van der Waals surface area contributed by atoms with Gasteiger partial charge in [-0.15, -0.1) is 11.8 Å². The maximum absolute atomic E-state index is 3.95. The van der Waals surface area contributed by atoms with Gasteiger partial charge in [0, 0.05) is 18.2 Å². The van der Waals surface area contributed by atoms with Gasteiger partial charge in [-0.05, 0) is 11.5 Å². The fraction of sp³-hybridized carbons (Fsp3) is 0.167. The second-order valence-corrected chi connectivity index (χ2v) is 2.27. The smallest absolute Gasteiger partial charge is 0.0329 e. The van der Waals surface area contributed by atoms with Crippen molar-refractivity contribution in [1.82, 2.24) is 0 Å². The molecule has 1 aliphatic rings. The van der Waals surface area contributed by atoms with Crippen molar-refractivity contribution in [2.24, 2.45) is 4.99 Å². The number of thioether (sulfide) groups is 1. The quantitative estimate of drug-likeness (QED) is 0.481. The summed E-state index contributed by atoms with van der Waals surface area (Å²) in [5.74, 6) is 0.987. The molecule has 2 heteroatoms. The third-order valence-electron chi connectivity index (χ3n) is 0.734. The molecule has 0 atom stereocenters. The Morgan fingerprint density at radius 2 is 2.38 bits per heavy atom. The molecule has 0 aliphatic carbocycles. The number of nitrogens with zero attached hydrogens (tertiary/aromatic N) is 1. The molecular formula is C6H7NS. The molecule has 0 radical (unpaired) electrons. The van der Waals surface area contributed by atoms with Crippen LogP contribution in [0, 0.1) is 0 Å². The monoisotopic (exact) mass is 125 g/mol. The predicted molar refractivity (Wildman–Crippen MR) is 39.2 cm³/mol. The van der Waals surface area contributed by atoms with Gasteiger partial charge < -0.3 is 0 Å². The molecule has 0 fully saturated rings. The average molecular weight is 125 g/mol. The van der Waals surface area contributed by atoms with Gasteiger partial charge in [-0.2, -0.15) is 0 Å². The normalized spacial score (nSPS) is 18.0. The Morgan fingerprint density at radius 1 is 1.38 bits per heavy atom. The largest absolute Gasteiger partial charge is 0.268 e. The predicted octanol–water partition coefficient (Wildman–Crippen LogP) is 1.83. The Morgan fingerprint density at radius 3 is 3.38 bits per heavy atom. The van der Waals surface area contributed by atoms with Crippen molar-refractivity contribution in [1.29, 1.82) is 0 Å². The molecule has 1 rings (SSSR count). The first-order chi connectivity index (χ1) is 4.00. The highest BCUT2D eigenvalue weighted by Crippen LogP contribution is 2.01. The van der Waals surface area contributed by atoms with Gasteiger partial charge in [-0.3, -0.25) is 4.99 Å². The Labute approximate surface area is 53.2 Å². The summed E-state index contributed by atoms with van der Waals surface area (Å²) in [6.45, 7) is 0. The minimum Gasteiger partial charge on any atom is -0.268 e. The summed E-state index contributed by atoms with van der Waals surface area (Å²) in [7, 11) is 0. The number of aliphatic imine (C=N–C) groups is 1. The van der Waals surface area contributed by atoms with Crippen LogP contribution in [0.5, 0.6) is 0 Å². The van der Waals surface area contributed by atoms with E-state index in [9.17, 15) is 0 Å². The molecule has 1 nitrogen and oxygen atoms in total. The zero-order chi connectivity index (χ0) is 5.66. The number of hydrogen-bond donors (Lipinski definition) is 0. The number of allylic oxidation sites excluding steroid dienone is 2. The van der Waals surface area contributed by atoms with Crippen LogP contribution < -0.4 is 0 Å². The topological polar surface area (TPSA) is 12.4 Å². The first-order valence-corrected chi connectivity index (χ1v) is 3.50. The lowest BCUT2D eigenvalue weighted by molar-refractivity contribution is 1.58. The maximum Gasteiger partial charge on any atom is 0.0329 e. The van der Waals surface area contributed by atoms with Crippen molar-refractivity contribution >= 4 is 18.0 Å². The van der Waals surface area contributed by atoms with Crippen LogP contribution in [-0.2, 0) is 0 Å². The Hall–Kier alpha value is -0.500. The molecule has 0 saturated heterocycles. The molecule has 0 bridgehead atoms. The van der Waals surface area contributed by atoms with Gasteiger partial charge in [0.05, 0.1) is 0 Å². The van der Waals surface area contributed by atoms with E-state index in [0.29, 0.717) is 0 Å². The van der Waals surface area contributed by atoms with E-state index < -0.39 is 0 Å². The summed E-state index contributed by atoms with van der Waals surface area (Å²) in [5, 5.41) is 2.06. The summed E-state index contributed by atoms with van der Waals surface area (Å²) in [6.07, 6.45) is 7.59. The third kappa shape index (κ3) is 1.98. The van der Waals surface area contributed by atoms with Crippen molar-refractivity contribution in [2.75, 3.05) is 5.75 Å². The van der Waals surface area contributed by atoms with Crippen molar-refractivity contribution in [3.8, 4) is 0 Å². The minimum atomic E-state index is 0.987. The summed E-state index contributed by atoms with van der Waals surface area (Å²) in [4.78, 5) is 3.95. The van der Waals surface area contributed by atoms with Gasteiger partial charge in [0.1, 0.15) is 0 Å². The van der Waals surface area contributed by atoms with Gasteiger partial charge in [-0.25, -0.2) is 0 Å². The molecular weight excluding hydrogens is 118 g/mol. The second kappa shape index (κ2) is 3.50. The highest BCUT2D eigenvalue weighted by atomic mass is 32.2. The van der Waals surface area contributed by atoms with Crippen molar-refractivity contribution in [3.63, 3.8) is 0 Å². The molecule has 1 aliphatic heterocycles. The van der Waals surface area contributed by atoms with Gasteiger partial charge in [0.15, 0.2) is 0 Å². The van der Waals surface area contributed by atoms with Gasteiger partial charge in [0.2, 0.25) is 0 Å². The van der Waals surface area contributed by atoms with Crippen LogP contribution in [0.1, 0.15) is 0 Å². The average Bonchev–Trinajstić information content (AvgIpc) is 1.62. The Kier molecular flexibility index (Phi) is 2.46. The van der Waals surface area contributed by atoms with Gasteiger partial charge in [-0.1, -0.05) is 6.08 Å². The molecule has 0 saturated carbocycles. The minimum absolute atomic E-state index is 0.987. The van der Waals surface area contributed by atoms with Crippen molar-refractivity contribution < 1.29 is 0 Å². The Balaban J connectivity index is 2.51. The molecule has 0 N–H and O–H groups in total. The van der Waals surface area contributed by atoms with E-state index >= 15 is 0 Å². The fourth-order valence-corrected chi connectivity index (χ4v) is 0.888. The molecule has 0 spiro atoms. The molecule has 0 amide bonds. The first kappa shape index (κ1) is 5.63. The van der Waals surface area contributed by atoms with Gasteiger partial charge in [0.25, 0.3) is 0 Å². The van der Waals surface area contributed by atoms with E-state index in [1.54, 1.807) is 18.0 Å². The maximum atomic E-state index is 3.95. The van der Waals surface area contributed by atoms with E-state index in [0.717, 1.165) is 5.75 Å². The molecule has 0 unspecified atom stereocenters. The summed E-state index contributed by atoms with van der Waals surface area (Å²) in [6, 6.07) is 0. The zero-order valence-corrected chi connectivity index (χ0v) is 5.27. The standard InChI is InChI=1S/C6H7NS/c1-2-5-8-6-4-7-3-1/h1-5H,6H2. The molecule has 0 aromatic carbocycles. The van der Waals surface area contributed by atoms with Crippen LogP contribution in [0.2, 0.25) is 0 Å². The van der Waals surface area contributed by atoms with Crippen LogP contribution in [0.4, 0.5) is 0 Å². The first-order valence-electron chi connectivity index (χ1n) is 2.45. The van der Waals surface area contributed by atoms with E-state index in [4.69, 9.17) is 0 Å². The highest BCUT2D eigenvalue weighted by Gasteiger charge is 1.76. The van der Waals surface area contributed by atoms with E-state index in [2.05, 4.69) is 10.4 Å². The van der Waals surface area contributed by atoms with Crippen LogP contribution in [0.25, 0.3) is 0 Å². The lowest BCUT2D eigenvalue weighted by Crippen LogP contribution is -1.75. The van der Waals surface area contributed by atoms with E-state index in [1.165, 1.54) is 0 Å². The number of rotatable bonds is 0. The second-order valence-electron chi connectivity index (χ2n) is 1.34. The van der Waals surface area contributed by atoms with Gasteiger partial charge >= 0.3 is 0 Å². The van der Waals surface area contributed by atoms with Crippen molar-refractivity contribution in [2.45, 2.75) is 0 Å². The van der Waals surface area contributed by atoms with Crippen LogP contribution in [0.3, 0.4) is 0 Å². The fourth-order valence-electron chi connectivity index (χ4n) is 0.403. The summed E-state index contributed by atoms with van der Waals surface area (Å²) < 4.78 is 0. The molecule has 0 aromatic heterocycles. The third-order valence-corrected chi connectivity index (χ3v) is 1.43.